The monoisotopic (exact) mass is 242 g/mol. The van der Waals surface area contributed by atoms with Gasteiger partial charge in [0.15, 0.2) is 0 Å². The summed E-state index contributed by atoms with van der Waals surface area (Å²) in [5, 5.41) is 6.29. The molecule has 2 rings (SSSR count). The van der Waals surface area contributed by atoms with Crippen LogP contribution in [-0.4, -0.2) is 26.1 Å². The van der Waals surface area contributed by atoms with Crippen LogP contribution in [0.5, 0.6) is 0 Å². The summed E-state index contributed by atoms with van der Waals surface area (Å²) >= 11 is 0. The number of anilines is 4. The largest absolute Gasteiger partial charge is 0.378 e. The van der Waals surface area contributed by atoms with Gasteiger partial charge < -0.3 is 15.5 Å². The van der Waals surface area contributed by atoms with Crippen LogP contribution >= 0.6 is 0 Å². The molecule has 2 N–H and O–H groups in total. The Morgan fingerprint density at radius 2 is 1.61 bits per heavy atom. The lowest BCUT2D eigenvalue weighted by Gasteiger charge is -2.13. The summed E-state index contributed by atoms with van der Waals surface area (Å²) in [4.78, 5) is 6.48. The SMILES string of the molecule is CNc1cccc(Nc2ccc(N(C)C)cc2)n1. The van der Waals surface area contributed by atoms with E-state index in [4.69, 9.17) is 0 Å². The van der Waals surface area contributed by atoms with Gasteiger partial charge in [0.25, 0.3) is 0 Å². The standard InChI is InChI=1S/C14H18N4/c1-15-13-5-4-6-14(17-13)16-11-7-9-12(10-8-11)18(2)3/h4-10H,1-3H3,(H2,15,16,17). The van der Waals surface area contributed by atoms with Gasteiger partial charge in [-0.15, -0.1) is 0 Å². The molecule has 1 aromatic heterocycles. The van der Waals surface area contributed by atoms with Crippen molar-refractivity contribution in [3.05, 3.63) is 42.5 Å². The van der Waals surface area contributed by atoms with Gasteiger partial charge in [-0.25, -0.2) is 4.98 Å². The van der Waals surface area contributed by atoms with E-state index in [9.17, 15) is 0 Å². The number of rotatable bonds is 4. The van der Waals surface area contributed by atoms with Crippen LogP contribution in [-0.2, 0) is 0 Å². The number of pyridine rings is 1. The van der Waals surface area contributed by atoms with Crippen molar-refractivity contribution < 1.29 is 0 Å². The van der Waals surface area contributed by atoms with Crippen LogP contribution < -0.4 is 15.5 Å². The predicted molar refractivity (Wildman–Crippen MR) is 77.8 cm³/mol. The minimum absolute atomic E-state index is 0.833. The Kier molecular flexibility index (Phi) is 3.67. The Bertz CT molecular complexity index is 505. The van der Waals surface area contributed by atoms with Crippen LogP contribution in [0.4, 0.5) is 23.0 Å². The number of aromatic nitrogens is 1. The Morgan fingerprint density at radius 1 is 0.944 bits per heavy atom. The highest BCUT2D eigenvalue weighted by molar-refractivity contribution is 5.61. The van der Waals surface area contributed by atoms with Gasteiger partial charge in [0, 0.05) is 32.5 Å². The van der Waals surface area contributed by atoms with Crippen molar-refractivity contribution in [1.82, 2.24) is 4.98 Å². The summed E-state index contributed by atoms with van der Waals surface area (Å²) in [5.74, 6) is 1.68. The summed E-state index contributed by atoms with van der Waals surface area (Å²) < 4.78 is 0. The van der Waals surface area contributed by atoms with E-state index in [0.29, 0.717) is 0 Å². The molecule has 0 radical (unpaired) electrons. The summed E-state index contributed by atoms with van der Waals surface area (Å²) in [5.41, 5.74) is 2.21. The molecule has 18 heavy (non-hydrogen) atoms. The molecule has 4 heteroatoms. The number of hydrogen-bond donors (Lipinski definition) is 2. The quantitative estimate of drug-likeness (QED) is 0.865. The van der Waals surface area contributed by atoms with Gasteiger partial charge >= 0.3 is 0 Å². The molecule has 1 aromatic carbocycles. The molecule has 0 saturated heterocycles. The molecule has 0 amide bonds. The fourth-order valence-corrected chi connectivity index (χ4v) is 1.63. The lowest BCUT2D eigenvalue weighted by molar-refractivity contribution is 1.13. The third-order valence-corrected chi connectivity index (χ3v) is 2.66. The van der Waals surface area contributed by atoms with Crippen molar-refractivity contribution in [3.8, 4) is 0 Å². The van der Waals surface area contributed by atoms with Crippen LogP contribution in [0.2, 0.25) is 0 Å². The van der Waals surface area contributed by atoms with E-state index in [1.165, 1.54) is 5.69 Å². The van der Waals surface area contributed by atoms with E-state index in [1.807, 2.05) is 51.5 Å². The van der Waals surface area contributed by atoms with Gasteiger partial charge in [-0.05, 0) is 36.4 Å². The molecule has 0 spiro atoms. The lowest BCUT2D eigenvalue weighted by atomic mass is 10.2. The number of nitrogens with zero attached hydrogens (tertiary/aromatic N) is 2. The number of hydrogen-bond acceptors (Lipinski definition) is 4. The second kappa shape index (κ2) is 5.40. The number of nitrogens with one attached hydrogen (secondary N) is 2. The molecule has 0 aliphatic carbocycles. The van der Waals surface area contributed by atoms with Crippen LogP contribution in [0.3, 0.4) is 0 Å². The van der Waals surface area contributed by atoms with Gasteiger partial charge in [-0.2, -0.15) is 0 Å². The first kappa shape index (κ1) is 12.2. The van der Waals surface area contributed by atoms with E-state index >= 15 is 0 Å². The summed E-state index contributed by atoms with van der Waals surface area (Å²) in [6, 6.07) is 14.1. The molecule has 0 unspecified atom stereocenters. The van der Waals surface area contributed by atoms with Gasteiger partial charge in [-0.1, -0.05) is 6.07 Å². The molecule has 2 aromatic rings. The minimum atomic E-state index is 0.833. The third kappa shape index (κ3) is 2.91. The molecule has 0 bridgehead atoms. The first-order valence-electron chi connectivity index (χ1n) is 5.88. The average molecular weight is 242 g/mol. The van der Waals surface area contributed by atoms with Gasteiger partial charge in [-0.3, -0.25) is 0 Å². The molecular weight excluding hydrogens is 224 g/mol. The van der Waals surface area contributed by atoms with Crippen molar-refractivity contribution in [2.75, 3.05) is 36.7 Å². The molecule has 94 valence electrons. The second-order valence-corrected chi connectivity index (χ2v) is 4.22. The Morgan fingerprint density at radius 3 is 2.22 bits per heavy atom. The average Bonchev–Trinajstić information content (AvgIpc) is 2.39. The molecule has 0 atom stereocenters. The van der Waals surface area contributed by atoms with Crippen LogP contribution in [0.25, 0.3) is 0 Å². The van der Waals surface area contributed by atoms with Crippen LogP contribution in [0, 0.1) is 0 Å². The predicted octanol–water partition coefficient (Wildman–Crippen LogP) is 2.93. The first-order valence-corrected chi connectivity index (χ1v) is 5.88. The molecule has 0 aliphatic rings. The minimum Gasteiger partial charge on any atom is -0.378 e. The van der Waals surface area contributed by atoms with Crippen molar-refractivity contribution in [2.24, 2.45) is 0 Å². The zero-order valence-corrected chi connectivity index (χ0v) is 10.9. The van der Waals surface area contributed by atoms with Crippen LogP contribution in [0.15, 0.2) is 42.5 Å². The molecule has 1 heterocycles. The maximum atomic E-state index is 4.41. The zero-order valence-electron chi connectivity index (χ0n) is 10.9. The van der Waals surface area contributed by atoms with Crippen molar-refractivity contribution in [2.45, 2.75) is 0 Å². The highest BCUT2D eigenvalue weighted by Gasteiger charge is 1.99. The van der Waals surface area contributed by atoms with E-state index in [2.05, 4.69) is 32.7 Å². The normalized spacial score (nSPS) is 9.94. The first-order chi connectivity index (χ1) is 8.69. The van der Waals surface area contributed by atoms with Gasteiger partial charge in [0.05, 0.1) is 0 Å². The van der Waals surface area contributed by atoms with Crippen LogP contribution in [0.1, 0.15) is 0 Å². The molecule has 0 saturated carbocycles. The topological polar surface area (TPSA) is 40.2 Å². The summed E-state index contributed by atoms with van der Waals surface area (Å²) in [6.45, 7) is 0. The van der Waals surface area contributed by atoms with Gasteiger partial charge in [0.2, 0.25) is 0 Å². The van der Waals surface area contributed by atoms with E-state index in [0.717, 1.165) is 17.3 Å². The smallest absolute Gasteiger partial charge is 0.132 e. The molecule has 0 fully saturated rings. The number of benzene rings is 1. The Balaban J connectivity index is 2.13. The molecule has 4 nitrogen and oxygen atoms in total. The maximum Gasteiger partial charge on any atom is 0.132 e. The third-order valence-electron chi connectivity index (χ3n) is 2.66. The highest BCUT2D eigenvalue weighted by Crippen LogP contribution is 2.19. The summed E-state index contributed by atoms with van der Waals surface area (Å²) in [7, 11) is 5.92. The van der Waals surface area contributed by atoms with Crippen molar-refractivity contribution >= 4 is 23.0 Å². The molecule has 0 aliphatic heterocycles. The van der Waals surface area contributed by atoms with E-state index < -0.39 is 0 Å². The zero-order chi connectivity index (χ0) is 13.0. The lowest BCUT2D eigenvalue weighted by Crippen LogP contribution is -2.08. The molecular formula is C14H18N4. The Labute approximate surface area is 108 Å². The fraction of sp³-hybridized carbons (Fsp3) is 0.214. The maximum absolute atomic E-state index is 4.41. The fourth-order valence-electron chi connectivity index (χ4n) is 1.63. The highest BCUT2D eigenvalue weighted by atomic mass is 15.1. The summed E-state index contributed by atoms with van der Waals surface area (Å²) in [6.07, 6.45) is 0. The van der Waals surface area contributed by atoms with E-state index in [-0.39, 0.29) is 0 Å². The van der Waals surface area contributed by atoms with Crippen molar-refractivity contribution in [3.63, 3.8) is 0 Å². The Hall–Kier alpha value is -2.23. The van der Waals surface area contributed by atoms with E-state index in [1.54, 1.807) is 0 Å². The van der Waals surface area contributed by atoms with Crippen molar-refractivity contribution in [1.29, 1.82) is 0 Å². The second-order valence-electron chi connectivity index (χ2n) is 4.22. The van der Waals surface area contributed by atoms with Gasteiger partial charge in [0.1, 0.15) is 11.6 Å².